The molecule has 1 atom stereocenters. The number of nitrogens with two attached hydrogens (primary N) is 1. The highest BCUT2D eigenvalue weighted by atomic mass is 35.5. The first-order chi connectivity index (χ1) is 7.30. The lowest BCUT2D eigenvalue weighted by atomic mass is 9.85. The minimum Gasteiger partial charge on any atom is -0.413 e. The molecule has 0 amide bonds. The van der Waals surface area contributed by atoms with E-state index in [-0.39, 0.29) is 23.9 Å². The van der Waals surface area contributed by atoms with Crippen LogP contribution in [-0.2, 0) is 4.43 Å². The van der Waals surface area contributed by atoms with Crippen molar-refractivity contribution in [3.05, 3.63) is 23.9 Å². The van der Waals surface area contributed by atoms with Crippen LogP contribution in [0.25, 0.3) is 0 Å². The largest absolute Gasteiger partial charge is 0.413 e. The topological polar surface area (TPSA) is 48.1 Å². The van der Waals surface area contributed by atoms with Gasteiger partial charge in [0.1, 0.15) is 5.82 Å². The summed E-state index contributed by atoms with van der Waals surface area (Å²) >= 11 is 0. The van der Waals surface area contributed by atoms with Crippen LogP contribution in [0.4, 0.5) is 5.82 Å². The molecule has 0 aliphatic heterocycles. The Labute approximate surface area is 112 Å². The van der Waals surface area contributed by atoms with Crippen molar-refractivity contribution in [1.29, 1.82) is 0 Å². The smallest absolute Gasteiger partial charge is 0.171 e. The van der Waals surface area contributed by atoms with Crippen LogP contribution in [0.2, 0.25) is 13.1 Å². The van der Waals surface area contributed by atoms with Crippen LogP contribution in [0.3, 0.4) is 0 Å². The second-order valence-corrected chi connectivity index (χ2v) is 7.82. The first-order valence-electron chi connectivity index (χ1n) is 5.67. The molecule has 1 aromatic rings. The minimum atomic E-state index is -1.07. The molecule has 0 saturated carbocycles. The Morgan fingerprint density at radius 3 is 2.24 bits per heavy atom. The van der Waals surface area contributed by atoms with Crippen molar-refractivity contribution >= 4 is 27.3 Å². The monoisotopic (exact) mass is 274 g/mol. The number of nitrogens with zero attached hydrogens (tertiary/aromatic N) is 1. The van der Waals surface area contributed by atoms with Crippen LogP contribution in [0, 0.1) is 5.41 Å². The summed E-state index contributed by atoms with van der Waals surface area (Å²) in [6, 6.07) is 3.84. The molecular weight excluding hydrogens is 252 g/mol. The Hall–Kier alpha value is -0.583. The molecule has 3 nitrogen and oxygen atoms in total. The minimum absolute atomic E-state index is 0. The molecule has 0 aliphatic rings. The number of aromatic nitrogens is 1. The number of anilines is 1. The molecule has 0 aromatic carbocycles. The molecule has 0 radical (unpaired) electrons. The van der Waals surface area contributed by atoms with Crippen molar-refractivity contribution in [2.75, 3.05) is 5.73 Å². The van der Waals surface area contributed by atoms with E-state index >= 15 is 0 Å². The average molecular weight is 275 g/mol. The van der Waals surface area contributed by atoms with Crippen LogP contribution in [-0.4, -0.2) is 14.0 Å². The first-order valence-corrected chi connectivity index (χ1v) is 8.45. The molecule has 1 unspecified atom stereocenters. The highest BCUT2D eigenvalue weighted by Crippen LogP contribution is 2.36. The average Bonchev–Trinajstić information content (AvgIpc) is 2.14. The van der Waals surface area contributed by atoms with Gasteiger partial charge in [-0.2, -0.15) is 0 Å². The van der Waals surface area contributed by atoms with E-state index in [2.05, 4.69) is 38.8 Å². The van der Waals surface area contributed by atoms with Crippen LogP contribution < -0.4 is 5.73 Å². The van der Waals surface area contributed by atoms with E-state index in [1.165, 1.54) is 0 Å². The van der Waals surface area contributed by atoms with Crippen molar-refractivity contribution in [3.8, 4) is 0 Å². The second kappa shape index (κ2) is 6.38. The van der Waals surface area contributed by atoms with Crippen molar-refractivity contribution in [3.63, 3.8) is 0 Å². The van der Waals surface area contributed by atoms with Crippen LogP contribution >= 0.6 is 12.4 Å². The van der Waals surface area contributed by atoms with E-state index in [1.54, 1.807) is 0 Å². The van der Waals surface area contributed by atoms with Gasteiger partial charge in [0.05, 0.1) is 6.10 Å². The van der Waals surface area contributed by atoms with Crippen LogP contribution in [0.15, 0.2) is 18.3 Å². The molecule has 1 rings (SSSR count). The predicted molar refractivity (Wildman–Crippen MR) is 78.1 cm³/mol. The molecule has 2 N–H and O–H groups in total. The number of halogens is 1. The Morgan fingerprint density at radius 2 is 1.88 bits per heavy atom. The molecule has 0 spiro atoms. The summed E-state index contributed by atoms with van der Waals surface area (Å²) in [5.74, 6) is 0.554. The van der Waals surface area contributed by atoms with E-state index in [0.717, 1.165) is 5.56 Å². The van der Waals surface area contributed by atoms with Gasteiger partial charge in [-0.05, 0) is 30.1 Å². The summed E-state index contributed by atoms with van der Waals surface area (Å²) in [7, 11) is -1.07. The van der Waals surface area contributed by atoms with Crippen LogP contribution in [0.5, 0.6) is 0 Å². The van der Waals surface area contributed by atoms with Gasteiger partial charge in [0.15, 0.2) is 9.04 Å². The summed E-state index contributed by atoms with van der Waals surface area (Å²) in [6.45, 7) is 10.9. The van der Waals surface area contributed by atoms with Gasteiger partial charge in [-0.15, -0.1) is 12.4 Å². The van der Waals surface area contributed by atoms with Crippen molar-refractivity contribution in [2.24, 2.45) is 5.41 Å². The maximum atomic E-state index is 6.10. The number of nitrogen functional groups attached to an aromatic ring is 1. The number of rotatable bonds is 3. The summed E-state index contributed by atoms with van der Waals surface area (Å²) in [6.07, 6.45) is 1.93. The first kappa shape index (κ1) is 16.4. The molecule has 1 aromatic heterocycles. The summed E-state index contributed by atoms with van der Waals surface area (Å²) < 4.78 is 6.10. The standard InChI is InChI=1S/C12H22N2OSi.ClH/c1-12(2,3)11(15-16(4)5)9-6-7-10(13)14-8-9;/h6-8,11,16H,1-5H3,(H2,13,14);1H. The third-order valence-corrected chi connectivity index (χ3v) is 3.12. The Bertz CT molecular complexity index is 335. The quantitative estimate of drug-likeness (QED) is 0.862. The zero-order valence-corrected chi connectivity index (χ0v) is 13.2. The number of hydrogen-bond donors (Lipinski definition) is 1. The van der Waals surface area contributed by atoms with E-state index in [0.29, 0.717) is 5.82 Å². The summed E-state index contributed by atoms with van der Waals surface area (Å²) in [5.41, 5.74) is 6.79. The molecule has 0 fully saturated rings. The van der Waals surface area contributed by atoms with Gasteiger partial charge >= 0.3 is 0 Å². The summed E-state index contributed by atoms with van der Waals surface area (Å²) in [5, 5.41) is 0. The molecule has 5 heteroatoms. The third-order valence-electron chi connectivity index (χ3n) is 2.31. The molecule has 1 heterocycles. The Morgan fingerprint density at radius 1 is 1.29 bits per heavy atom. The van der Waals surface area contributed by atoms with Gasteiger partial charge in [0.2, 0.25) is 0 Å². The zero-order valence-electron chi connectivity index (χ0n) is 11.2. The van der Waals surface area contributed by atoms with Gasteiger partial charge < -0.3 is 10.2 Å². The fourth-order valence-electron chi connectivity index (χ4n) is 1.63. The van der Waals surface area contributed by atoms with Gasteiger partial charge in [0, 0.05) is 6.20 Å². The van der Waals surface area contributed by atoms with Gasteiger partial charge in [-0.1, -0.05) is 26.8 Å². The maximum absolute atomic E-state index is 6.10. The molecule has 0 aliphatic carbocycles. The Kier molecular flexibility index (Phi) is 6.16. The second-order valence-electron chi connectivity index (χ2n) is 5.45. The van der Waals surface area contributed by atoms with E-state index < -0.39 is 9.04 Å². The number of hydrogen-bond acceptors (Lipinski definition) is 3. The van der Waals surface area contributed by atoms with Crippen molar-refractivity contribution < 1.29 is 4.43 Å². The zero-order chi connectivity index (χ0) is 12.3. The lowest BCUT2D eigenvalue weighted by molar-refractivity contribution is 0.0863. The van der Waals surface area contributed by atoms with Crippen molar-refractivity contribution in [2.45, 2.75) is 40.0 Å². The van der Waals surface area contributed by atoms with Gasteiger partial charge in [-0.25, -0.2) is 4.98 Å². The van der Waals surface area contributed by atoms with E-state index in [1.807, 2.05) is 18.3 Å². The maximum Gasteiger partial charge on any atom is 0.171 e. The highest BCUT2D eigenvalue weighted by molar-refractivity contribution is 6.48. The predicted octanol–water partition coefficient (Wildman–Crippen LogP) is 3.17. The molecular formula is C12H23ClN2OSi. The van der Waals surface area contributed by atoms with Gasteiger partial charge in [0.25, 0.3) is 0 Å². The fraction of sp³-hybridized carbons (Fsp3) is 0.583. The molecule has 0 bridgehead atoms. The fourth-order valence-corrected chi connectivity index (χ4v) is 2.74. The molecule has 17 heavy (non-hydrogen) atoms. The molecule has 0 saturated heterocycles. The van der Waals surface area contributed by atoms with Crippen LogP contribution in [0.1, 0.15) is 32.4 Å². The lowest BCUT2D eigenvalue weighted by Gasteiger charge is -2.32. The lowest BCUT2D eigenvalue weighted by Crippen LogP contribution is -2.26. The van der Waals surface area contributed by atoms with Crippen molar-refractivity contribution in [1.82, 2.24) is 4.98 Å². The van der Waals surface area contributed by atoms with E-state index in [9.17, 15) is 0 Å². The highest BCUT2D eigenvalue weighted by Gasteiger charge is 2.28. The molecule has 98 valence electrons. The SMILES string of the molecule is C[SiH](C)OC(c1ccc(N)nc1)C(C)(C)C.Cl. The third kappa shape index (κ3) is 5.06. The number of pyridine rings is 1. The Balaban J connectivity index is 0.00000256. The summed E-state index contributed by atoms with van der Waals surface area (Å²) in [4.78, 5) is 4.13. The van der Waals surface area contributed by atoms with E-state index in [4.69, 9.17) is 10.2 Å². The van der Waals surface area contributed by atoms with Gasteiger partial charge in [-0.3, -0.25) is 0 Å². The normalized spacial score (nSPS) is 13.3.